The van der Waals surface area contributed by atoms with E-state index in [0.29, 0.717) is 6.54 Å². The fourth-order valence-corrected chi connectivity index (χ4v) is 3.90. The largest absolute Gasteiger partial charge is 0.376 e. The summed E-state index contributed by atoms with van der Waals surface area (Å²) in [6, 6.07) is 8.29. The number of hydrogen-bond acceptors (Lipinski definition) is 5. The summed E-state index contributed by atoms with van der Waals surface area (Å²) in [5, 5.41) is 13.8. The van der Waals surface area contributed by atoms with Crippen LogP contribution in [0.3, 0.4) is 0 Å². The lowest BCUT2D eigenvalue weighted by Crippen LogP contribution is -2.17. The molecule has 0 amide bonds. The van der Waals surface area contributed by atoms with Crippen LogP contribution in [0.25, 0.3) is 11.4 Å². The smallest absolute Gasteiger partial charge is 0.191 e. The first-order valence-corrected chi connectivity index (χ1v) is 9.69. The molecule has 1 atom stereocenters. The molecular formula is C18H20FN5OS. The number of aromatic nitrogens is 5. The molecule has 0 bridgehead atoms. The molecule has 1 aliphatic rings. The molecule has 1 fully saturated rings. The van der Waals surface area contributed by atoms with Crippen LogP contribution in [-0.2, 0) is 17.8 Å². The second-order valence-corrected chi connectivity index (χ2v) is 7.24. The van der Waals surface area contributed by atoms with Gasteiger partial charge in [-0.1, -0.05) is 11.8 Å². The molecule has 3 aromatic rings. The van der Waals surface area contributed by atoms with E-state index in [4.69, 9.17) is 4.74 Å². The Labute approximate surface area is 155 Å². The van der Waals surface area contributed by atoms with Gasteiger partial charge < -0.3 is 4.74 Å². The third-order valence-electron chi connectivity index (χ3n) is 4.34. The molecule has 8 heteroatoms. The lowest BCUT2D eigenvalue weighted by atomic mass is 10.2. The van der Waals surface area contributed by atoms with Gasteiger partial charge in [-0.3, -0.25) is 9.25 Å². The first-order valence-electron chi connectivity index (χ1n) is 8.70. The van der Waals surface area contributed by atoms with E-state index < -0.39 is 0 Å². The van der Waals surface area contributed by atoms with Crippen molar-refractivity contribution in [1.29, 1.82) is 0 Å². The van der Waals surface area contributed by atoms with Crippen molar-refractivity contribution in [1.82, 2.24) is 24.5 Å². The van der Waals surface area contributed by atoms with E-state index >= 15 is 0 Å². The van der Waals surface area contributed by atoms with E-state index in [9.17, 15) is 4.39 Å². The van der Waals surface area contributed by atoms with Gasteiger partial charge in [0.2, 0.25) is 0 Å². The minimum atomic E-state index is -0.257. The summed E-state index contributed by atoms with van der Waals surface area (Å²) in [6.45, 7) is 2.32. The summed E-state index contributed by atoms with van der Waals surface area (Å²) in [5.41, 5.74) is 0.857. The second kappa shape index (κ2) is 8.01. The molecule has 4 rings (SSSR count). The Hall–Kier alpha value is -2.19. The highest BCUT2D eigenvalue weighted by molar-refractivity contribution is 7.99. The predicted octanol–water partition coefficient (Wildman–Crippen LogP) is 3.25. The summed E-state index contributed by atoms with van der Waals surface area (Å²) < 4.78 is 23.0. The van der Waals surface area contributed by atoms with Crippen molar-refractivity contribution in [2.45, 2.75) is 37.2 Å². The number of benzene rings is 1. The highest BCUT2D eigenvalue weighted by Gasteiger charge is 2.21. The number of rotatable bonds is 7. The second-order valence-electron chi connectivity index (χ2n) is 6.18. The number of ether oxygens (including phenoxy) is 1. The van der Waals surface area contributed by atoms with Crippen LogP contribution >= 0.6 is 11.8 Å². The van der Waals surface area contributed by atoms with Crippen LogP contribution in [0.15, 0.2) is 47.9 Å². The lowest BCUT2D eigenvalue weighted by molar-refractivity contribution is 0.0953. The van der Waals surface area contributed by atoms with E-state index in [1.165, 1.54) is 12.1 Å². The zero-order valence-corrected chi connectivity index (χ0v) is 15.1. The van der Waals surface area contributed by atoms with E-state index in [1.54, 1.807) is 30.1 Å². The minimum absolute atomic E-state index is 0.177. The normalized spacial score (nSPS) is 17.0. The number of halogens is 1. The van der Waals surface area contributed by atoms with Crippen LogP contribution in [0.5, 0.6) is 0 Å². The zero-order chi connectivity index (χ0) is 17.8. The van der Waals surface area contributed by atoms with Crippen LogP contribution in [0.2, 0.25) is 0 Å². The quantitative estimate of drug-likeness (QED) is 0.595. The van der Waals surface area contributed by atoms with Crippen molar-refractivity contribution in [3.8, 4) is 11.4 Å². The Bertz CT molecular complexity index is 828. The van der Waals surface area contributed by atoms with Gasteiger partial charge in [0, 0.05) is 30.3 Å². The third kappa shape index (κ3) is 3.96. The van der Waals surface area contributed by atoms with Gasteiger partial charge in [0.05, 0.1) is 19.2 Å². The SMILES string of the molecule is Fc1ccc(-c2nnc(SCCn3cccn3)n2C[C@@H]2CCCO2)cc1. The molecule has 0 N–H and O–H groups in total. The number of hydrogen-bond donors (Lipinski definition) is 0. The molecule has 1 saturated heterocycles. The van der Waals surface area contributed by atoms with E-state index in [2.05, 4.69) is 19.9 Å². The molecule has 26 heavy (non-hydrogen) atoms. The third-order valence-corrected chi connectivity index (χ3v) is 5.29. The van der Waals surface area contributed by atoms with Crippen molar-refractivity contribution in [3.63, 3.8) is 0 Å². The average Bonchev–Trinajstić information content (AvgIpc) is 3.40. The topological polar surface area (TPSA) is 57.8 Å². The molecule has 6 nitrogen and oxygen atoms in total. The predicted molar refractivity (Wildman–Crippen MR) is 97.3 cm³/mol. The lowest BCUT2D eigenvalue weighted by Gasteiger charge is -2.14. The Morgan fingerprint density at radius 2 is 2.12 bits per heavy atom. The van der Waals surface area contributed by atoms with Gasteiger partial charge >= 0.3 is 0 Å². The molecule has 1 aromatic carbocycles. The van der Waals surface area contributed by atoms with Crippen molar-refractivity contribution in [2.24, 2.45) is 0 Å². The standard InChI is InChI=1S/C18H20FN5OS/c19-15-6-4-14(5-7-15)17-21-22-18(24(17)13-16-3-1-11-25-16)26-12-10-23-9-2-8-20-23/h2,4-9,16H,1,3,10-13H2/t16-/m0/s1. The van der Waals surface area contributed by atoms with Crippen molar-refractivity contribution in [2.75, 3.05) is 12.4 Å². The summed E-state index contributed by atoms with van der Waals surface area (Å²) >= 11 is 1.65. The maximum Gasteiger partial charge on any atom is 0.191 e. The van der Waals surface area contributed by atoms with Crippen LogP contribution < -0.4 is 0 Å². The van der Waals surface area contributed by atoms with Crippen LogP contribution in [0.1, 0.15) is 12.8 Å². The van der Waals surface area contributed by atoms with Gasteiger partial charge in [0.15, 0.2) is 11.0 Å². The van der Waals surface area contributed by atoms with Crippen LogP contribution in [-0.4, -0.2) is 43.0 Å². The Morgan fingerprint density at radius 3 is 2.85 bits per heavy atom. The number of thioether (sulfide) groups is 1. The van der Waals surface area contributed by atoms with Crippen molar-refractivity contribution < 1.29 is 9.13 Å². The van der Waals surface area contributed by atoms with Gasteiger partial charge in [-0.2, -0.15) is 5.10 Å². The maximum atomic E-state index is 13.3. The molecule has 0 aliphatic carbocycles. The monoisotopic (exact) mass is 373 g/mol. The molecule has 0 spiro atoms. The molecule has 0 radical (unpaired) electrons. The molecule has 136 valence electrons. The zero-order valence-electron chi connectivity index (χ0n) is 14.3. The first-order chi connectivity index (χ1) is 12.8. The molecule has 1 aliphatic heterocycles. The summed E-state index contributed by atoms with van der Waals surface area (Å²) in [7, 11) is 0. The fraction of sp³-hybridized carbons (Fsp3) is 0.389. The molecule has 2 aromatic heterocycles. The molecule has 0 unspecified atom stereocenters. The van der Waals surface area contributed by atoms with Crippen LogP contribution in [0, 0.1) is 5.82 Å². The van der Waals surface area contributed by atoms with E-state index in [-0.39, 0.29) is 11.9 Å². The van der Waals surface area contributed by atoms with Gasteiger partial charge in [-0.15, -0.1) is 10.2 Å². The average molecular weight is 373 g/mol. The molecule has 0 saturated carbocycles. The summed E-state index contributed by atoms with van der Waals surface area (Å²) in [6.07, 6.45) is 6.02. The summed E-state index contributed by atoms with van der Waals surface area (Å²) in [4.78, 5) is 0. The number of nitrogens with zero attached hydrogens (tertiary/aromatic N) is 5. The van der Waals surface area contributed by atoms with Crippen molar-refractivity contribution >= 4 is 11.8 Å². The van der Waals surface area contributed by atoms with Crippen molar-refractivity contribution in [3.05, 3.63) is 48.5 Å². The highest BCUT2D eigenvalue weighted by atomic mass is 32.2. The van der Waals surface area contributed by atoms with Gasteiger partial charge in [-0.05, 0) is 43.2 Å². The first kappa shape index (κ1) is 17.2. The summed E-state index contributed by atoms with van der Waals surface area (Å²) in [5.74, 6) is 1.34. The molecule has 3 heterocycles. The highest BCUT2D eigenvalue weighted by Crippen LogP contribution is 2.26. The van der Waals surface area contributed by atoms with E-state index in [1.807, 2.05) is 16.9 Å². The van der Waals surface area contributed by atoms with E-state index in [0.717, 1.165) is 48.3 Å². The Morgan fingerprint density at radius 1 is 1.23 bits per heavy atom. The van der Waals surface area contributed by atoms with Gasteiger partial charge in [0.1, 0.15) is 5.82 Å². The van der Waals surface area contributed by atoms with Gasteiger partial charge in [-0.25, -0.2) is 4.39 Å². The number of aryl methyl sites for hydroxylation is 1. The maximum absolute atomic E-state index is 13.3. The Kier molecular flexibility index (Phi) is 5.31. The van der Waals surface area contributed by atoms with Crippen LogP contribution in [0.4, 0.5) is 4.39 Å². The minimum Gasteiger partial charge on any atom is -0.376 e. The Balaban J connectivity index is 1.54. The fourth-order valence-electron chi connectivity index (χ4n) is 3.03. The molecular weight excluding hydrogens is 353 g/mol. The van der Waals surface area contributed by atoms with Gasteiger partial charge in [0.25, 0.3) is 0 Å².